The first-order valence-electron chi connectivity index (χ1n) is 10.4. The molecular formula is C24H25N5O2. The standard InChI is InChI=1S/C24H25N5O2/c1-4-21(23(30)26-14-18-10-8-9-13-25-18)28-16(2)20-15-27-29(19-11-6-5-7-12-19)24(31)22(20)17(28)3/h5-13,15,21H,4,14H2,1-3H3,(H,26,30). The molecule has 158 valence electrons. The van der Waals surface area contributed by atoms with Crippen LogP contribution in [0.5, 0.6) is 0 Å². The maximum atomic E-state index is 13.3. The van der Waals surface area contributed by atoms with Gasteiger partial charge in [0, 0.05) is 23.0 Å². The Morgan fingerprint density at radius 1 is 1.06 bits per heavy atom. The molecule has 0 aliphatic heterocycles. The molecule has 0 bridgehead atoms. The summed E-state index contributed by atoms with van der Waals surface area (Å²) in [6.07, 6.45) is 4.01. The largest absolute Gasteiger partial charge is 0.349 e. The lowest BCUT2D eigenvalue weighted by atomic mass is 10.2. The van der Waals surface area contributed by atoms with Crippen LogP contribution in [-0.4, -0.2) is 25.2 Å². The zero-order valence-electron chi connectivity index (χ0n) is 17.9. The van der Waals surface area contributed by atoms with E-state index in [0.717, 1.165) is 22.5 Å². The first-order valence-corrected chi connectivity index (χ1v) is 10.4. The zero-order chi connectivity index (χ0) is 22.0. The Kier molecular flexibility index (Phi) is 5.66. The van der Waals surface area contributed by atoms with Crippen molar-refractivity contribution in [3.8, 4) is 5.69 Å². The summed E-state index contributed by atoms with van der Waals surface area (Å²) in [5.74, 6) is -0.101. The minimum Gasteiger partial charge on any atom is -0.349 e. The van der Waals surface area contributed by atoms with E-state index in [9.17, 15) is 9.59 Å². The summed E-state index contributed by atoms with van der Waals surface area (Å²) in [5.41, 5.74) is 2.94. The SMILES string of the molecule is CCC(C(=O)NCc1ccccn1)n1c(C)c2cnn(-c3ccccc3)c(=O)c2c1C. The van der Waals surface area contributed by atoms with Gasteiger partial charge in [-0.3, -0.25) is 14.6 Å². The number of hydrogen-bond donors (Lipinski definition) is 1. The van der Waals surface area contributed by atoms with Gasteiger partial charge in [-0.1, -0.05) is 31.2 Å². The molecule has 31 heavy (non-hydrogen) atoms. The lowest BCUT2D eigenvalue weighted by Crippen LogP contribution is -2.33. The van der Waals surface area contributed by atoms with E-state index in [1.165, 1.54) is 4.68 Å². The van der Waals surface area contributed by atoms with Crippen molar-refractivity contribution in [2.75, 3.05) is 0 Å². The summed E-state index contributed by atoms with van der Waals surface area (Å²) in [6.45, 7) is 6.14. The van der Waals surface area contributed by atoms with Gasteiger partial charge in [0.2, 0.25) is 5.91 Å². The molecule has 0 aliphatic carbocycles. The number of pyridine rings is 1. The molecular weight excluding hydrogens is 390 g/mol. The summed E-state index contributed by atoms with van der Waals surface area (Å²) >= 11 is 0. The van der Waals surface area contributed by atoms with Crippen LogP contribution in [0.1, 0.15) is 36.5 Å². The predicted octanol–water partition coefficient (Wildman–Crippen LogP) is 3.47. The minimum absolute atomic E-state index is 0.101. The van der Waals surface area contributed by atoms with E-state index in [-0.39, 0.29) is 11.5 Å². The van der Waals surface area contributed by atoms with Gasteiger partial charge in [-0.25, -0.2) is 0 Å². The van der Waals surface area contributed by atoms with Gasteiger partial charge in [0.15, 0.2) is 0 Å². The van der Waals surface area contributed by atoms with Crippen molar-refractivity contribution < 1.29 is 4.79 Å². The Bertz CT molecular complexity index is 1280. The molecule has 1 unspecified atom stereocenters. The van der Waals surface area contributed by atoms with Gasteiger partial charge in [0.25, 0.3) is 5.56 Å². The first kappa shape index (κ1) is 20.5. The molecule has 3 heterocycles. The molecule has 1 aromatic carbocycles. The van der Waals surface area contributed by atoms with Crippen LogP contribution in [0.25, 0.3) is 16.5 Å². The summed E-state index contributed by atoms with van der Waals surface area (Å²) in [6, 6.07) is 14.5. The van der Waals surface area contributed by atoms with Crippen LogP contribution in [0.4, 0.5) is 0 Å². The van der Waals surface area contributed by atoms with Crippen molar-refractivity contribution >= 4 is 16.7 Å². The number of nitrogens with zero attached hydrogens (tertiary/aromatic N) is 4. The number of aromatic nitrogens is 4. The Labute approximate surface area is 180 Å². The Morgan fingerprint density at radius 2 is 1.81 bits per heavy atom. The highest BCUT2D eigenvalue weighted by molar-refractivity contribution is 5.89. The highest BCUT2D eigenvalue weighted by Gasteiger charge is 2.25. The summed E-state index contributed by atoms with van der Waals surface area (Å²) in [4.78, 5) is 30.6. The lowest BCUT2D eigenvalue weighted by Gasteiger charge is -2.20. The van der Waals surface area contributed by atoms with Crippen molar-refractivity contribution in [1.29, 1.82) is 0 Å². The van der Waals surface area contributed by atoms with Crippen LogP contribution in [0, 0.1) is 13.8 Å². The summed E-state index contributed by atoms with van der Waals surface area (Å²) in [7, 11) is 0. The number of nitrogens with one attached hydrogen (secondary N) is 1. The van der Waals surface area contributed by atoms with Crippen LogP contribution in [0.2, 0.25) is 0 Å². The third-order valence-corrected chi connectivity index (χ3v) is 5.62. The van der Waals surface area contributed by atoms with Crippen molar-refractivity contribution in [3.05, 3.63) is 88.4 Å². The maximum Gasteiger partial charge on any atom is 0.281 e. The smallest absolute Gasteiger partial charge is 0.281 e. The van der Waals surface area contributed by atoms with E-state index >= 15 is 0 Å². The minimum atomic E-state index is -0.430. The van der Waals surface area contributed by atoms with E-state index in [1.807, 2.05) is 73.9 Å². The molecule has 0 fully saturated rings. The number of fused-ring (bicyclic) bond motifs is 1. The normalized spacial score (nSPS) is 12.1. The van der Waals surface area contributed by atoms with Crippen molar-refractivity contribution in [1.82, 2.24) is 24.6 Å². The first-order chi connectivity index (χ1) is 15.0. The topological polar surface area (TPSA) is 81.8 Å². The van der Waals surface area contributed by atoms with Gasteiger partial charge in [-0.15, -0.1) is 0 Å². The molecule has 7 heteroatoms. The Hall–Kier alpha value is -3.74. The van der Waals surface area contributed by atoms with E-state index < -0.39 is 6.04 Å². The molecule has 4 aromatic rings. The zero-order valence-corrected chi connectivity index (χ0v) is 17.9. The van der Waals surface area contributed by atoms with Gasteiger partial charge in [-0.05, 0) is 44.5 Å². The van der Waals surface area contributed by atoms with Crippen molar-refractivity contribution in [2.45, 2.75) is 39.8 Å². The van der Waals surface area contributed by atoms with Crippen LogP contribution in [-0.2, 0) is 11.3 Å². The van der Waals surface area contributed by atoms with Gasteiger partial charge in [-0.2, -0.15) is 9.78 Å². The maximum absolute atomic E-state index is 13.3. The van der Waals surface area contributed by atoms with Crippen LogP contribution < -0.4 is 10.9 Å². The Balaban J connectivity index is 1.73. The van der Waals surface area contributed by atoms with Crippen LogP contribution in [0.3, 0.4) is 0 Å². The number of aryl methyl sites for hydroxylation is 2. The number of amides is 1. The molecule has 7 nitrogen and oxygen atoms in total. The van der Waals surface area contributed by atoms with Gasteiger partial charge in [0.1, 0.15) is 6.04 Å². The van der Waals surface area contributed by atoms with E-state index in [2.05, 4.69) is 15.4 Å². The third kappa shape index (κ3) is 3.74. The van der Waals surface area contributed by atoms with Crippen molar-refractivity contribution in [3.63, 3.8) is 0 Å². The highest BCUT2D eigenvalue weighted by atomic mass is 16.2. The van der Waals surface area contributed by atoms with Crippen LogP contribution in [0.15, 0.2) is 65.7 Å². The molecule has 0 saturated heterocycles. The fourth-order valence-electron chi connectivity index (χ4n) is 4.08. The number of benzene rings is 1. The van der Waals surface area contributed by atoms with Crippen LogP contribution >= 0.6 is 0 Å². The lowest BCUT2D eigenvalue weighted by molar-refractivity contribution is -0.124. The monoisotopic (exact) mass is 415 g/mol. The quantitative estimate of drug-likeness (QED) is 0.523. The fourth-order valence-corrected chi connectivity index (χ4v) is 4.08. The second-order valence-corrected chi connectivity index (χ2v) is 7.49. The molecule has 3 aromatic heterocycles. The second kappa shape index (κ2) is 8.55. The Morgan fingerprint density at radius 3 is 2.48 bits per heavy atom. The molecule has 0 aliphatic rings. The second-order valence-electron chi connectivity index (χ2n) is 7.49. The highest BCUT2D eigenvalue weighted by Crippen LogP contribution is 2.28. The number of para-hydroxylation sites is 1. The van der Waals surface area contributed by atoms with Gasteiger partial charge < -0.3 is 9.88 Å². The molecule has 0 saturated carbocycles. The average molecular weight is 415 g/mol. The molecule has 1 N–H and O–H groups in total. The van der Waals surface area contributed by atoms with Gasteiger partial charge >= 0.3 is 0 Å². The third-order valence-electron chi connectivity index (χ3n) is 5.62. The van der Waals surface area contributed by atoms with E-state index in [0.29, 0.717) is 24.0 Å². The summed E-state index contributed by atoms with van der Waals surface area (Å²) in [5, 5.41) is 8.72. The summed E-state index contributed by atoms with van der Waals surface area (Å²) < 4.78 is 3.36. The molecule has 0 radical (unpaired) electrons. The molecule has 0 spiro atoms. The number of hydrogen-bond acceptors (Lipinski definition) is 4. The fraction of sp³-hybridized carbons (Fsp3) is 0.250. The molecule has 1 amide bonds. The van der Waals surface area contributed by atoms with Gasteiger partial charge in [0.05, 0.1) is 29.5 Å². The van der Waals surface area contributed by atoms with Crippen molar-refractivity contribution in [2.24, 2.45) is 0 Å². The van der Waals surface area contributed by atoms with E-state index in [1.54, 1.807) is 12.4 Å². The molecule has 1 atom stereocenters. The number of rotatable bonds is 6. The predicted molar refractivity (Wildman–Crippen MR) is 120 cm³/mol. The number of carbonyl (C=O) groups excluding carboxylic acids is 1. The number of carbonyl (C=O) groups is 1. The average Bonchev–Trinajstić information content (AvgIpc) is 3.05. The van der Waals surface area contributed by atoms with E-state index in [4.69, 9.17) is 0 Å². The molecule has 4 rings (SSSR count).